The summed E-state index contributed by atoms with van der Waals surface area (Å²) in [5.41, 5.74) is 1.28. The first kappa shape index (κ1) is 16.1. The fourth-order valence-corrected chi connectivity index (χ4v) is 3.39. The molecule has 0 bridgehead atoms. The molecule has 0 spiro atoms. The van der Waals surface area contributed by atoms with Crippen LogP contribution in [0.4, 0.5) is 0 Å². The predicted octanol–water partition coefficient (Wildman–Crippen LogP) is 4.60. The van der Waals surface area contributed by atoms with Crippen LogP contribution in [0.15, 0.2) is 36.4 Å². The van der Waals surface area contributed by atoms with Crippen molar-refractivity contribution >= 4 is 11.3 Å². The number of aryl methyl sites for hydroxylation is 1. The molecule has 3 heteroatoms. The summed E-state index contributed by atoms with van der Waals surface area (Å²) < 4.78 is 5.80. The van der Waals surface area contributed by atoms with Crippen molar-refractivity contribution in [1.82, 2.24) is 5.32 Å². The van der Waals surface area contributed by atoms with Gasteiger partial charge in [-0.3, -0.25) is 0 Å². The summed E-state index contributed by atoms with van der Waals surface area (Å²) in [6.45, 7) is 6.32. The largest absolute Gasteiger partial charge is 0.491 e. The molecule has 2 nitrogen and oxygen atoms in total. The van der Waals surface area contributed by atoms with E-state index in [0.717, 1.165) is 18.6 Å². The minimum Gasteiger partial charge on any atom is -0.491 e. The average Bonchev–Trinajstić information content (AvgIpc) is 2.92. The van der Waals surface area contributed by atoms with E-state index in [2.05, 4.69) is 56.4 Å². The summed E-state index contributed by atoms with van der Waals surface area (Å²) in [6.07, 6.45) is 2.34. The molecule has 1 heterocycles. The van der Waals surface area contributed by atoms with Crippen molar-refractivity contribution < 1.29 is 4.74 Å². The van der Waals surface area contributed by atoms with E-state index in [-0.39, 0.29) is 6.10 Å². The van der Waals surface area contributed by atoms with Gasteiger partial charge in [0.15, 0.2) is 0 Å². The maximum atomic E-state index is 5.80. The average molecular weight is 303 g/mol. The minimum atomic E-state index is 0.206. The van der Waals surface area contributed by atoms with Crippen molar-refractivity contribution in [2.45, 2.75) is 45.8 Å². The van der Waals surface area contributed by atoms with Gasteiger partial charge in [0.25, 0.3) is 0 Å². The second kappa shape index (κ2) is 7.62. The van der Waals surface area contributed by atoms with E-state index in [1.807, 2.05) is 24.5 Å². The summed E-state index contributed by atoms with van der Waals surface area (Å²) in [6, 6.07) is 13.2. The normalized spacial score (nSPS) is 12.6. The van der Waals surface area contributed by atoms with Gasteiger partial charge in [-0.1, -0.05) is 19.1 Å². The number of hydrogen-bond acceptors (Lipinski definition) is 3. The summed E-state index contributed by atoms with van der Waals surface area (Å²) in [5, 5.41) is 3.43. The molecule has 1 aromatic heterocycles. The molecule has 1 unspecified atom stereocenters. The van der Waals surface area contributed by atoms with Crippen LogP contribution in [0.3, 0.4) is 0 Å². The van der Waals surface area contributed by atoms with Crippen LogP contribution in [0, 0.1) is 0 Å². The number of hydrogen-bond donors (Lipinski definition) is 1. The van der Waals surface area contributed by atoms with Crippen LogP contribution in [-0.2, 0) is 12.8 Å². The molecular weight excluding hydrogens is 278 g/mol. The Morgan fingerprint density at radius 2 is 1.90 bits per heavy atom. The van der Waals surface area contributed by atoms with Gasteiger partial charge >= 0.3 is 0 Å². The van der Waals surface area contributed by atoms with Gasteiger partial charge in [-0.2, -0.15) is 0 Å². The molecule has 0 radical (unpaired) electrons. The molecular formula is C18H25NOS. The lowest BCUT2D eigenvalue weighted by Crippen LogP contribution is -2.18. The molecule has 2 rings (SSSR count). The second-order valence-electron chi connectivity index (χ2n) is 5.51. The van der Waals surface area contributed by atoms with Gasteiger partial charge in [0.1, 0.15) is 5.75 Å². The van der Waals surface area contributed by atoms with Gasteiger partial charge in [0, 0.05) is 22.2 Å². The molecule has 0 amide bonds. The monoisotopic (exact) mass is 303 g/mol. The third-order valence-electron chi connectivity index (χ3n) is 3.45. The molecule has 21 heavy (non-hydrogen) atoms. The Hall–Kier alpha value is -1.32. The number of thiophene rings is 1. The van der Waals surface area contributed by atoms with Gasteiger partial charge in [0.2, 0.25) is 0 Å². The molecule has 0 aliphatic rings. The highest BCUT2D eigenvalue weighted by atomic mass is 32.1. The van der Waals surface area contributed by atoms with E-state index in [9.17, 15) is 0 Å². The van der Waals surface area contributed by atoms with E-state index in [0.29, 0.717) is 6.04 Å². The molecule has 0 fully saturated rings. The van der Waals surface area contributed by atoms with Crippen LogP contribution in [0.2, 0.25) is 0 Å². The van der Waals surface area contributed by atoms with E-state index in [4.69, 9.17) is 4.74 Å². The molecule has 0 saturated heterocycles. The van der Waals surface area contributed by atoms with E-state index in [1.165, 1.54) is 15.3 Å². The van der Waals surface area contributed by atoms with Gasteiger partial charge in [-0.15, -0.1) is 11.3 Å². The van der Waals surface area contributed by atoms with E-state index in [1.54, 1.807) is 0 Å². The number of rotatable bonds is 7. The van der Waals surface area contributed by atoms with Crippen molar-refractivity contribution in [3.8, 4) is 5.75 Å². The Bertz CT molecular complexity index is 562. The summed E-state index contributed by atoms with van der Waals surface area (Å²) >= 11 is 1.91. The highest BCUT2D eigenvalue weighted by molar-refractivity contribution is 7.11. The lowest BCUT2D eigenvalue weighted by Gasteiger charge is -2.18. The third kappa shape index (κ3) is 4.58. The Kier molecular flexibility index (Phi) is 5.83. The topological polar surface area (TPSA) is 21.3 Å². The van der Waals surface area contributed by atoms with Gasteiger partial charge in [-0.05, 0) is 57.1 Å². The summed E-state index contributed by atoms with van der Waals surface area (Å²) in [5.74, 6) is 0.947. The Morgan fingerprint density at radius 1 is 1.14 bits per heavy atom. The Labute approximate surface area is 132 Å². The molecule has 1 N–H and O–H groups in total. The standard InChI is InChI=1S/C18H25NOS/c1-5-16-9-10-17(21-16)12-18(19-4)14-7-6-8-15(11-14)20-13(2)3/h6-11,13,18-19H,5,12H2,1-4H3. The quantitative estimate of drug-likeness (QED) is 0.807. The lowest BCUT2D eigenvalue weighted by molar-refractivity contribution is 0.242. The number of ether oxygens (including phenoxy) is 1. The van der Waals surface area contributed by atoms with Crippen LogP contribution in [0.5, 0.6) is 5.75 Å². The molecule has 114 valence electrons. The van der Waals surface area contributed by atoms with E-state index < -0.39 is 0 Å². The summed E-state index contributed by atoms with van der Waals surface area (Å²) in [4.78, 5) is 2.89. The maximum absolute atomic E-state index is 5.80. The van der Waals surface area contributed by atoms with Crippen molar-refractivity contribution in [2.75, 3.05) is 7.05 Å². The zero-order valence-electron chi connectivity index (χ0n) is 13.3. The van der Waals surface area contributed by atoms with Gasteiger partial charge in [-0.25, -0.2) is 0 Å². The molecule has 0 aliphatic carbocycles. The lowest BCUT2D eigenvalue weighted by atomic mass is 10.0. The second-order valence-corrected chi connectivity index (χ2v) is 6.76. The van der Waals surface area contributed by atoms with Crippen molar-refractivity contribution in [3.63, 3.8) is 0 Å². The number of likely N-dealkylation sites (N-methyl/N-ethyl adjacent to an activating group) is 1. The maximum Gasteiger partial charge on any atom is 0.120 e. The fourth-order valence-electron chi connectivity index (χ4n) is 2.39. The zero-order chi connectivity index (χ0) is 15.2. The van der Waals surface area contributed by atoms with Crippen LogP contribution in [0.25, 0.3) is 0 Å². The fraction of sp³-hybridized carbons (Fsp3) is 0.444. The third-order valence-corrected chi connectivity index (χ3v) is 4.70. The minimum absolute atomic E-state index is 0.206. The zero-order valence-corrected chi connectivity index (χ0v) is 14.2. The molecule has 1 aromatic carbocycles. The molecule has 2 aromatic rings. The first-order valence-electron chi connectivity index (χ1n) is 7.63. The highest BCUT2D eigenvalue weighted by Crippen LogP contribution is 2.26. The Balaban J connectivity index is 2.12. The summed E-state index contributed by atoms with van der Waals surface area (Å²) in [7, 11) is 2.02. The van der Waals surface area contributed by atoms with Crippen molar-refractivity contribution in [3.05, 3.63) is 51.7 Å². The molecule has 0 aliphatic heterocycles. The number of nitrogens with one attached hydrogen (secondary N) is 1. The van der Waals surface area contributed by atoms with Crippen LogP contribution >= 0.6 is 11.3 Å². The SMILES string of the molecule is CCc1ccc(CC(NC)c2cccc(OC(C)C)c2)s1. The first-order chi connectivity index (χ1) is 10.1. The van der Waals surface area contributed by atoms with Gasteiger partial charge in [0.05, 0.1) is 6.10 Å². The van der Waals surface area contributed by atoms with Gasteiger partial charge < -0.3 is 10.1 Å². The van der Waals surface area contributed by atoms with Crippen LogP contribution < -0.4 is 10.1 Å². The highest BCUT2D eigenvalue weighted by Gasteiger charge is 2.12. The smallest absolute Gasteiger partial charge is 0.120 e. The van der Waals surface area contributed by atoms with Crippen LogP contribution in [0.1, 0.15) is 42.1 Å². The Morgan fingerprint density at radius 3 is 2.52 bits per heavy atom. The molecule has 1 atom stereocenters. The molecule has 0 saturated carbocycles. The first-order valence-corrected chi connectivity index (χ1v) is 8.45. The van der Waals surface area contributed by atoms with Crippen LogP contribution in [-0.4, -0.2) is 13.2 Å². The predicted molar refractivity (Wildman–Crippen MR) is 91.4 cm³/mol. The number of benzene rings is 1. The van der Waals surface area contributed by atoms with Crippen molar-refractivity contribution in [2.24, 2.45) is 0 Å². The van der Waals surface area contributed by atoms with E-state index >= 15 is 0 Å². The van der Waals surface area contributed by atoms with Crippen molar-refractivity contribution in [1.29, 1.82) is 0 Å².